The maximum absolute atomic E-state index is 10.6. The SMILES string of the molecule is C=C(CCC=C(C)CCC=C(C)C)C1OC(OC(=O)O)C(OC(=O)O)O1. The Morgan fingerprint density at radius 1 is 0.962 bits per heavy atom. The van der Waals surface area contributed by atoms with Crippen LogP contribution in [-0.4, -0.2) is 41.4 Å². The van der Waals surface area contributed by atoms with Crippen LogP contribution in [0.5, 0.6) is 0 Å². The van der Waals surface area contributed by atoms with E-state index in [-0.39, 0.29) is 0 Å². The van der Waals surface area contributed by atoms with Gasteiger partial charge in [-0.25, -0.2) is 9.59 Å². The van der Waals surface area contributed by atoms with Gasteiger partial charge in [-0.3, -0.25) is 0 Å². The van der Waals surface area contributed by atoms with Gasteiger partial charge in [0.05, 0.1) is 0 Å². The van der Waals surface area contributed by atoms with E-state index in [2.05, 4.69) is 49.0 Å². The quantitative estimate of drug-likeness (QED) is 0.453. The van der Waals surface area contributed by atoms with Crippen molar-refractivity contribution in [2.75, 3.05) is 0 Å². The van der Waals surface area contributed by atoms with Gasteiger partial charge in [0, 0.05) is 0 Å². The van der Waals surface area contributed by atoms with Crippen molar-refractivity contribution in [1.82, 2.24) is 0 Å². The largest absolute Gasteiger partial charge is 0.508 e. The fourth-order valence-corrected chi connectivity index (χ4v) is 2.27. The van der Waals surface area contributed by atoms with E-state index in [1.54, 1.807) is 0 Å². The van der Waals surface area contributed by atoms with Gasteiger partial charge in [-0.15, -0.1) is 0 Å². The molecule has 8 heteroatoms. The average Bonchev–Trinajstić information content (AvgIpc) is 2.88. The highest BCUT2D eigenvalue weighted by molar-refractivity contribution is 5.58. The van der Waals surface area contributed by atoms with Gasteiger partial charge in [0.2, 0.25) is 0 Å². The minimum atomic E-state index is -1.63. The summed E-state index contributed by atoms with van der Waals surface area (Å²) in [5, 5.41) is 17.3. The Morgan fingerprint density at radius 2 is 1.46 bits per heavy atom. The van der Waals surface area contributed by atoms with Crippen LogP contribution in [0, 0.1) is 0 Å². The zero-order valence-electron chi connectivity index (χ0n) is 15.3. The first-order valence-electron chi connectivity index (χ1n) is 8.25. The molecule has 2 unspecified atom stereocenters. The molecule has 0 bridgehead atoms. The second kappa shape index (κ2) is 10.6. The van der Waals surface area contributed by atoms with Gasteiger partial charge in [-0.2, -0.15) is 0 Å². The highest BCUT2D eigenvalue weighted by Crippen LogP contribution is 2.27. The lowest BCUT2D eigenvalue weighted by Crippen LogP contribution is -2.31. The van der Waals surface area contributed by atoms with Gasteiger partial charge in [-0.1, -0.05) is 29.9 Å². The maximum atomic E-state index is 10.6. The molecule has 1 heterocycles. The number of allylic oxidation sites excluding steroid dienone is 4. The van der Waals surface area contributed by atoms with Crippen LogP contribution in [0.25, 0.3) is 0 Å². The molecule has 0 spiro atoms. The minimum absolute atomic E-state index is 0.532. The van der Waals surface area contributed by atoms with Crippen LogP contribution >= 0.6 is 0 Å². The molecule has 0 aromatic carbocycles. The number of carboxylic acid groups (broad SMARTS) is 2. The Kier molecular flexibility index (Phi) is 8.87. The highest BCUT2D eigenvalue weighted by atomic mass is 16.9. The molecule has 1 saturated heterocycles. The van der Waals surface area contributed by atoms with Crippen molar-refractivity contribution in [3.8, 4) is 0 Å². The van der Waals surface area contributed by atoms with E-state index in [9.17, 15) is 9.59 Å². The number of hydrogen-bond donors (Lipinski definition) is 2. The van der Waals surface area contributed by atoms with Crippen LogP contribution < -0.4 is 0 Å². The van der Waals surface area contributed by atoms with Crippen molar-refractivity contribution in [2.24, 2.45) is 0 Å². The first kappa shape index (κ1) is 21.7. The molecule has 146 valence electrons. The third-order valence-electron chi connectivity index (χ3n) is 3.55. The van der Waals surface area contributed by atoms with Crippen LogP contribution in [0.15, 0.2) is 35.5 Å². The normalized spacial score (nSPS) is 22.6. The third kappa shape index (κ3) is 8.17. The third-order valence-corrected chi connectivity index (χ3v) is 3.55. The molecule has 0 aromatic heterocycles. The van der Waals surface area contributed by atoms with Crippen LogP contribution in [-0.2, 0) is 18.9 Å². The lowest BCUT2D eigenvalue weighted by Gasteiger charge is -2.13. The van der Waals surface area contributed by atoms with E-state index in [4.69, 9.17) is 19.7 Å². The Bertz CT molecular complexity index is 550. The molecule has 0 amide bonds. The Labute approximate surface area is 152 Å². The average molecular weight is 370 g/mol. The summed E-state index contributed by atoms with van der Waals surface area (Å²) < 4.78 is 19.4. The van der Waals surface area contributed by atoms with Crippen molar-refractivity contribution in [1.29, 1.82) is 0 Å². The molecule has 1 aliphatic heterocycles. The van der Waals surface area contributed by atoms with Gasteiger partial charge in [0.1, 0.15) is 0 Å². The van der Waals surface area contributed by atoms with Crippen molar-refractivity contribution >= 4 is 12.3 Å². The lowest BCUT2D eigenvalue weighted by molar-refractivity contribution is -0.153. The standard InChI is InChI=1S/C18H26O8/c1-11(2)7-5-8-12(3)9-6-10-13(4)14-23-15(25-17(19)20)16(24-14)26-18(21)22/h7,9,14-16H,4-6,8,10H2,1-3H3,(H,19,20)(H,21,22). The zero-order chi connectivity index (χ0) is 19.7. The fraction of sp³-hybridized carbons (Fsp3) is 0.556. The van der Waals surface area contributed by atoms with E-state index in [1.807, 2.05) is 0 Å². The summed E-state index contributed by atoms with van der Waals surface area (Å²) in [6.07, 6.45) is 0.234. The van der Waals surface area contributed by atoms with Gasteiger partial charge in [-0.05, 0) is 52.0 Å². The maximum Gasteiger partial charge on any atom is 0.508 e. The molecule has 0 radical (unpaired) electrons. The summed E-state index contributed by atoms with van der Waals surface area (Å²) in [6, 6.07) is 0. The molecule has 0 saturated carbocycles. The van der Waals surface area contributed by atoms with E-state index in [0.29, 0.717) is 18.4 Å². The van der Waals surface area contributed by atoms with E-state index in [0.717, 1.165) is 12.8 Å². The molecule has 0 aromatic rings. The van der Waals surface area contributed by atoms with Crippen molar-refractivity contribution in [2.45, 2.75) is 65.3 Å². The second-order valence-electron chi connectivity index (χ2n) is 6.18. The van der Waals surface area contributed by atoms with Crippen molar-refractivity contribution < 1.29 is 38.7 Å². The zero-order valence-corrected chi connectivity index (χ0v) is 15.3. The molecular weight excluding hydrogens is 344 g/mol. The Morgan fingerprint density at radius 3 is 1.92 bits per heavy atom. The van der Waals surface area contributed by atoms with Crippen LogP contribution in [0.4, 0.5) is 9.59 Å². The first-order valence-corrected chi connectivity index (χ1v) is 8.25. The van der Waals surface area contributed by atoms with Gasteiger partial charge >= 0.3 is 12.3 Å². The molecule has 26 heavy (non-hydrogen) atoms. The first-order chi connectivity index (χ1) is 12.2. The Balaban J connectivity index is 2.50. The summed E-state index contributed by atoms with van der Waals surface area (Å²) in [6.45, 7) is 10.0. The lowest BCUT2D eigenvalue weighted by atomic mass is 10.1. The number of hydrogen-bond acceptors (Lipinski definition) is 6. The van der Waals surface area contributed by atoms with Gasteiger partial charge in [0.25, 0.3) is 12.6 Å². The van der Waals surface area contributed by atoms with Crippen LogP contribution in [0.3, 0.4) is 0 Å². The van der Waals surface area contributed by atoms with E-state index < -0.39 is 31.2 Å². The Hall–Kier alpha value is -2.32. The molecule has 0 aliphatic carbocycles. The number of carbonyl (C=O) groups is 2. The van der Waals surface area contributed by atoms with E-state index in [1.165, 1.54) is 11.1 Å². The fourth-order valence-electron chi connectivity index (χ4n) is 2.27. The summed E-state index contributed by atoms with van der Waals surface area (Å²) in [5.74, 6) is 0. The predicted molar refractivity (Wildman–Crippen MR) is 92.5 cm³/mol. The number of ether oxygens (including phenoxy) is 4. The van der Waals surface area contributed by atoms with Gasteiger partial charge < -0.3 is 29.2 Å². The molecular formula is C18H26O8. The molecule has 2 N–H and O–H groups in total. The summed E-state index contributed by atoms with van der Waals surface area (Å²) in [4.78, 5) is 21.3. The minimum Gasteiger partial charge on any atom is -0.450 e. The van der Waals surface area contributed by atoms with Gasteiger partial charge in [0.15, 0.2) is 6.29 Å². The summed E-state index contributed by atoms with van der Waals surface area (Å²) >= 11 is 0. The molecule has 1 fully saturated rings. The van der Waals surface area contributed by atoms with E-state index >= 15 is 0 Å². The van der Waals surface area contributed by atoms with Crippen LogP contribution in [0.1, 0.15) is 46.5 Å². The monoisotopic (exact) mass is 370 g/mol. The smallest absolute Gasteiger partial charge is 0.450 e. The second-order valence-corrected chi connectivity index (χ2v) is 6.18. The van der Waals surface area contributed by atoms with Crippen molar-refractivity contribution in [3.63, 3.8) is 0 Å². The number of rotatable bonds is 9. The summed E-state index contributed by atoms with van der Waals surface area (Å²) in [5.41, 5.74) is 3.08. The van der Waals surface area contributed by atoms with Crippen molar-refractivity contribution in [3.05, 3.63) is 35.5 Å². The molecule has 1 rings (SSSR count). The molecule has 2 atom stereocenters. The predicted octanol–water partition coefficient (Wildman–Crippen LogP) is 4.43. The molecule has 1 aliphatic rings. The highest BCUT2D eigenvalue weighted by Gasteiger charge is 2.42. The molecule has 8 nitrogen and oxygen atoms in total. The summed E-state index contributed by atoms with van der Waals surface area (Å²) in [7, 11) is 0. The topological polar surface area (TPSA) is 112 Å². The van der Waals surface area contributed by atoms with Crippen LogP contribution in [0.2, 0.25) is 0 Å².